The van der Waals surface area contributed by atoms with E-state index in [4.69, 9.17) is 18.2 Å². The minimum atomic E-state index is 0.233. The van der Waals surface area contributed by atoms with E-state index in [2.05, 4.69) is 60.2 Å². The molecule has 192 valence electrons. The van der Waals surface area contributed by atoms with Crippen LogP contribution in [0.25, 0.3) is 38.5 Å². The number of halogens is 1. The minimum absolute atomic E-state index is 0.233. The molecule has 0 bridgehead atoms. The molecule has 1 aliphatic heterocycles. The summed E-state index contributed by atoms with van der Waals surface area (Å²) in [5, 5.41) is 8.03. The van der Waals surface area contributed by atoms with Gasteiger partial charge in [0.05, 0.1) is 18.0 Å². The first kappa shape index (κ1) is 25.0. The summed E-state index contributed by atoms with van der Waals surface area (Å²) in [7, 11) is 0. The van der Waals surface area contributed by atoms with Gasteiger partial charge in [-0.15, -0.1) is 0 Å². The molecular weight excluding hydrogens is 504 g/mol. The lowest BCUT2D eigenvalue weighted by Gasteiger charge is -2.31. The molecule has 7 heteroatoms. The fraction of sp³-hybridized carbons (Fsp3) is 0.188. The van der Waals surface area contributed by atoms with Crippen LogP contribution < -0.4 is 0 Å². The molecule has 0 saturated carbocycles. The molecule has 6 rings (SSSR count). The number of rotatable bonds is 6. The number of nitrogens with zero attached hydrogens (tertiary/aromatic N) is 5. The highest BCUT2D eigenvalue weighted by atomic mass is 35.5. The van der Waals surface area contributed by atoms with Gasteiger partial charge in [0, 0.05) is 41.7 Å². The van der Waals surface area contributed by atoms with Gasteiger partial charge in [-0.3, -0.25) is 15.0 Å². The van der Waals surface area contributed by atoms with Gasteiger partial charge in [0.15, 0.2) is 0 Å². The lowest BCUT2D eigenvalue weighted by atomic mass is 9.93. The summed E-state index contributed by atoms with van der Waals surface area (Å²) in [5.74, 6) is 0.498. The van der Waals surface area contributed by atoms with E-state index in [9.17, 15) is 0 Å². The van der Waals surface area contributed by atoms with Crippen LogP contribution in [-0.2, 0) is 6.54 Å². The summed E-state index contributed by atoms with van der Waals surface area (Å²) in [6, 6.07) is 26.6. The van der Waals surface area contributed by atoms with E-state index in [-0.39, 0.29) is 5.15 Å². The standard InChI is InChI=1S/C32H27ClN6/c1-34-30-19-27(23-5-3-2-4-6-23)31(36-32(30)33)26-9-7-22(8-10-26)21-39-17-13-25(14-18-39)29-20-28(37-38-29)24-11-15-35-16-12-24/h2-12,15-16,19-20,25H,13-14,17-18,21H2,(H,37,38). The molecule has 1 N–H and O–H groups in total. The second kappa shape index (κ2) is 11.2. The van der Waals surface area contributed by atoms with Crippen molar-refractivity contribution in [2.45, 2.75) is 25.3 Å². The van der Waals surface area contributed by atoms with Crippen molar-refractivity contribution in [3.05, 3.63) is 119 Å². The molecule has 0 atom stereocenters. The van der Waals surface area contributed by atoms with Crippen molar-refractivity contribution in [3.63, 3.8) is 0 Å². The second-order valence-electron chi connectivity index (χ2n) is 9.86. The van der Waals surface area contributed by atoms with Crippen LogP contribution in [0.1, 0.15) is 30.0 Å². The summed E-state index contributed by atoms with van der Waals surface area (Å²) < 4.78 is 0. The van der Waals surface area contributed by atoms with Gasteiger partial charge in [-0.1, -0.05) is 66.2 Å². The SMILES string of the molecule is [C-]#[N+]c1cc(-c2ccccc2)c(-c2ccc(CN3CCC(c4cc(-c5ccncc5)n[nH]4)CC3)cc2)nc1Cl. The van der Waals surface area contributed by atoms with Crippen LogP contribution in [0.15, 0.2) is 91.3 Å². The zero-order chi connectivity index (χ0) is 26.6. The second-order valence-corrected chi connectivity index (χ2v) is 10.2. The molecule has 39 heavy (non-hydrogen) atoms. The van der Waals surface area contributed by atoms with Crippen molar-refractivity contribution >= 4 is 17.3 Å². The maximum atomic E-state index is 7.46. The van der Waals surface area contributed by atoms with Gasteiger partial charge in [-0.2, -0.15) is 5.10 Å². The molecule has 0 unspecified atom stereocenters. The van der Waals surface area contributed by atoms with E-state index in [0.717, 1.165) is 66.1 Å². The number of benzene rings is 2. The lowest BCUT2D eigenvalue weighted by molar-refractivity contribution is 0.203. The predicted octanol–water partition coefficient (Wildman–Crippen LogP) is 7.78. The Morgan fingerprint density at radius 2 is 1.64 bits per heavy atom. The number of likely N-dealkylation sites (tertiary alicyclic amines) is 1. The van der Waals surface area contributed by atoms with Gasteiger partial charge >= 0.3 is 0 Å². The molecule has 5 aromatic rings. The summed E-state index contributed by atoms with van der Waals surface area (Å²) in [6.45, 7) is 10.5. The Balaban J connectivity index is 1.13. The molecule has 1 saturated heterocycles. The van der Waals surface area contributed by atoms with E-state index >= 15 is 0 Å². The summed E-state index contributed by atoms with van der Waals surface area (Å²) in [6.07, 6.45) is 5.81. The molecule has 4 heterocycles. The van der Waals surface area contributed by atoms with E-state index < -0.39 is 0 Å². The molecule has 0 radical (unpaired) electrons. The highest BCUT2D eigenvalue weighted by Crippen LogP contribution is 2.37. The van der Waals surface area contributed by atoms with Gasteiger partial charge in [-0.05, 0) is 66.9 Å². The molecule has 3 aromatic heterocycles. The smallest absolute Gasteiger partial charge is 0.224 e. The van der Waals surface area contributed by atoms with Crippen LogP contribution in [-0.4, -0.2) is 38.2 Å². The summed E-state index contributed by atoms with van der Waals surface area (Å²) in [5.41, 5.74) is 8.61. The van der Waals surface area contributed by atoms with Crippen LogP contribution in [0, 0.1) is 6.57 Å². The van der Waals surface area contributed by atoms with Crippen molar-refractivity contribution in [1.82, 2.24) is 25.1 Å². The van der Waals surface area contributed by atoms with Crippen molar-refractivity contribution in [2.75, 3.05) is 13.1 Å². The third-order valence-corrected chi connectivity index (χ3v) is 7.68. The lowest BCUT2D eigenvalue weighted by Crippen LogP contribution is -2.32. The predicted molar refractivity (Wildman–Crippen MR) is 155 cm³/mol. The zero-order valence-corrected chi connectivity index (χ0v) is 22.1. The number of aromatic nitrogens is 4. The van der Waals surface area contributed by atoms with E-state index in [0.29, 0.717) is 11.6 Å². The Bertz CT molecular complexity index is 1600. The maximum Gasteiger partial charge on any atom is 0.224 e. The number of aromatic amines is 1. The van der Waals surface area contributed by atoms with Crippen LogP contribution >= 0.6 is 11.6 Å². The maximum absolute atomic E-state index is 7.46. The first-order chi connectivity index (χ1) is 19.2. The monoisotopic (exact) mass is 530 g/mol. The number of hydrogen-bond donors (Lipinski definition) is 1. The topological polar surface area (TPSA) is 62.1 Å². The van der Waals surface area contributed by atoms with Crippen LogP contribution in [0.4, 0.5) is 5.69 Å². The highest BCUT2D eigenvalue weighted by Gasteiger charge is 2.23. The average molecular weight is 531 g/mol. The normalized spacial score (nSPS) is 14.3. The summed E-state index contributed by atoms with van der Waals surface area (Å²) in [4.78, 5) is 14.8. The van der Waals surface area contributed by atoms with Crippen molar-refractivity contribution in [3.8, 4) is 33.6 Å². The molecule has 0 spiro atoms. The number of hydrogen-bond acceptors (Lipinski definition) is 4. The molecule has 1 fully saturated rings. The molecule has 0 amide bonds. The highest BCUT2D eigenvalue weighted by molar-refractivity contribution is 6.32. The van der Waals surface area contributed by atoms with Gasteiger partial charge < -0.3 is 0 Å². The first-order valence-electron chi connectivity index (χ1n) is 13.1. The molecule has 2 aromatic carbocycles. The van der Waals surface area contributed by atoms with Gasteiger partial charge in [0.1, 0.15) is 5.15 Å². The fourth-order valence-corrected chi connectivity index (χ4v) is 5.44. The Morgan fingerprint density at radius 3 is 2.36 bits per heavy atom. The van der Waals surface area contributed by atoms with Crippen LogP contribution in [0.3, 0.4) is 0 Å². The number of H-pyrrole nitrogens is 1. The zero-order valence-electron chi connectivity index (χ0n) is 21.4. The van der Waals surface area contributed by atoms with E-state index in [1.165, 1.54) is 11.3 Å². The largest absolute Gasteiger partial charge is 0.299 e. The van der Waals surface area contributed by atoms with E-state index in [1.54, 1.807) is 12.4 Å². The van der Waals surface area contributed by atoms with Crippen LogP contribution in [0.2, 0.25) is 5.15 Å². The van der Waals surface area contributed by atoms with Gasteiger partial charge in [0.25, 0.3) is 0 Å². The quantitative estimate of drug-likeness (QED) is 0.180. The Labute approximate surface area is 233 Å². The molecular formula is C32H27ClN6. The van der Waals surface area contributed by atoms with Crippen LogP contribution in [0.5, 0.6) is 0 Å². The number of pyridine rings is 2. The Morgan fingerprint density at radius 1 is 0.897 bits per heavy atom. The molecule has 6 nitrogen and oxygen atoms in total. The first-order valence-corrected chi connectivity index (χ1v) is 13.5. The van der Waals surface area contributed by atoms with Crippen molar-refractivity contribution in [2.24, 2.45) is 0 Å². The Kier molecular flexibility index (Phi) is 7.18. The fourth-order valence-electron chi connectivity index (χ4n) is 5.26. The summed E-state index contributed by atoms with van der Waals surface area (Å²) >= 11 is 6.35. The van der Waals surface area contributed by atoms with E-state index in [1.807, 2.05) is 48.5 Å². The minimum Gasteiger partial charge on any atom is -0.299 e. The number of nitrogens with one attached hydrogen (secondary N) is 1. The molecule has 0 aliphatic carbocycles. The number of piperidine rings is 1. The third-order valence-electron chi connectivity index (χ3n) is 7.40. The van der Waals surface area contributed by atoms with Crippen molar-refractivity contribution < 1.29 is 0 Å². The molecule has 1 aliphatic rings. The van der Waals surface area contributed by atoms with Gasteiger partial charge in [-0.25, -0.2) is 9.83 Å². The van der Waals surface area contributed by atoms with Gasteiger partial charge in [0.2, 0.25) is 5.69 Å². The third kappa shape index (κ3) is 5.46. The van der Waals surface area contributed by atoms with Crippen molar-refractivity contribution in [1.29, 1.82) is 0 Å². The Hall–Kier alpha value is -4.31. The average Bonchev–Trinajstić information content (AvgIpc) is 3.49.